The van der Waals surface area contributed by atoms with Crippen molar-refractivity contribution in [2.75, 3.05) is 26.4 Å². The van der Waals surface area contributed by atoms with Gasteiger partial charge in [-0.2, -0.15) is 0 Å². The van der Waals surface area contributed by atoms with Gasteiger partial charge in [-0.25, -0.2) is 9.59 Å². The molecule has 2 atom stereocenters. The van der Waals surface area contributed by atoms with Crippen LogP contribution in [0.1, 0.15) is 91.1 Å². The quantitative estimate of drug-likeness (QED) is 0.119. The van der Waals surface area contributed by atoms with E-state index in [1.165, 1.54) is 24.3 Å². The number of carbonyl (C=O) groups excluding carboxylic acids is 3. The lowest BCUT2D eigenvalue weighted by molar-refractivity contribution is -0.146. The molecule has 2 aliphatic heterocycles. The Balaban J connectivity index is 0.000000223. The van der Waals surface area contributed by atoms with Crippen molar-refractivity contribution in [1.82, 2.24) is 0 Å². The first-order valence-electron chi connectivity index (χ1n) is 18.2. The maximum absolute atomic E-state index is 12.3. The molecule has 16 heteroatoms. The molecule has 2 aliphatic rings. The second-order valence-electron chi connectivity index (χ2n) is 13.8. The molecule has 0 saturated heterocycles. The third-order valence-corrected chi connectivity index (χ3v) is 9.80. The van der Waals surface area contributed by atoms with Gasteiger partial charge in [-0.05, 0) is 108 Å². The van der Waals surface area contributed by atoms with Gasteiger partial charge in [0.2, 0.25) is 0 Å². The SMILES string of the molecule is CCOC(=O)C1CCOc2c1cc(Cl)c(Oc1ccc(C(=O)O)cc1)c2Cl.CCOC(=O)C1CCOc2c1cc(Cl)c(Oc1ccc(C(=O)OC(C)(C)C)cc1)c2Cl. The highest BCUT2D eigenvalue weighted by Crippen LogP contribution is 2.50. The lowest BCUT2D eigenvalue weighted by Gasteiger charge is -2.26. The fourth-order valence-corrected chi connectivity index (χ4v) is 7.15. The normalized spacial score (nSPS) is 15.5. The molecule has 58 heavy (non-hydrogen) atoms. The van der Waals surface area contributed by atoms with Crippen molar-refractivity contribution in [3.63, 3.8) is 0 Å². The summed E-state index contributed by atoms with van der Waals surface area (Å²) in [7, 11) is 0. The van der Waals surface area contributed by atoms with Gasteiger partial charge in [-0.3, -0.25) is 9.59 Å². The number of hydrogen-bond acceptors (Lipinski definition) is 11. The highest BCUT2D eigenvalue weighted by Gasteiger charge is 2.34. The predicted molar refractivity (Wildman–Crippen MR) is 217 cm³/mol. The lowest BCUT2D eigenvalue weighted by Crippen LogP contribution is -2.23. The van der Waals surface area contributed by atoms with Crippen molar-refractivity contribution < 1.29 is 57.4 Å². The Hall–Kier alpha value is -4.88. The summed E-state index contributed by atoms with van der Waals surface area (Å²) in [5, 5.41) is 9.72. The minimum atomic E-state index is -1.04. The molecule has 4 aromatic carbocycles. The van der Waals surface area contributed by atoms with Crippen LogP contribution in [0.3, 0.4) is 0 Å². The average Bonchev–Trinajstić information content (AvgIpc) is 3.18. The number of carboxylic acids is 1. The van der Waals surface area contributed by atoms with Gasteiger partial charge in [-0.15, -0.1) is 0 Å². The van der Waals surface area contributed by atoms with Crippen LogP contribution >= 0.6 is 46.4 Å². The fourth-order valence-electron chi connectivity index (χ4n) is 5.94. The molecule has 2 unspecified atom stereocenters. The van der Waals surface area contributed by atoms with Crippen LogP contribution < -0.4 is 18.9 Å². The van der Waals surface area contributed by atoms with Crippen LogP contribution in [-0.4, -0.2) is 61.0 Å². The summed E-state index contributed by atoms with van der Waals surface area (Å²) in [6.45, 7) is 10.1. The van der Waals surface area contributed by atoms with E-state index in [9.17, 15) is 19.2 Å². The fraction of sp³-hybridized carbons (Fsp3) is 0.333. The van der Waals surface area contributed by atoms with Gasteiger partial charge in [0.05, 0.1) is 59.4 Å². The van der Waals surface area contributed by atoms with Crippen molar-refractivity contribution in [3.8, 4) is 34.5 Å². The molecule has 0 bridgehead atoms. The van der Waals surface area contributed by atoms with Gasteiger partial charge < -0.3 is 38.3 Å². The maximum Gasteiger partial charge on any atom is 0.338 e. The lowest BCUT2D eigenvalue weighted by atomic mass is 9.93. The molecule has 12 nitrogen and oxygen atoms in total. The van der Waals surface area contributed by atoms with E-state index in [0.717, 1.165) is 0 Å². The van der Waals surface area contributed by atoms with Crippen molar-refractivity contribution in [1.29, 1.82) is 0 Å². The number of fused-ring (bicyclic) bond motifs is 2. The zero-order valence-corrected chi connectivity index (χ0v) is 35.1. The third kappa shape index (κ3) is 10.6. The zero-order valence-electron chi connectivity index (χ0n) is 32.1. The number of esters is 3. The van der Waals surface area contributed by atoms with Gasteiger partial charge in [-0.1, -0.05) is 46.4 Å². The largest absolute Gasteiger partial charge is 0.492 e. The summed E-state index contributed by atoms with van der Waals surface area (Å²) in [5.74, 6) is -1.31. The Morgan fingerprint density at radius 1 is 0.672 bits per heavy atom. The molecule has 0 aliphatic carbocycles. The predicted octanol–water partition coefficient (Wildman–Crippen LogP) is 11.1. The number of rotatable bonds is 10. The monoisotopic (exact) mass is 876 g/mol. The van der Waals surface area contributed by atoms with Crippen LogP contribution in [0.25, 0.3) is 0 Å². The van der Waals surface area contributed by atoms with E-state index < -0.39 is 29.4 Å². The van der Waals surface area contributed by atoms with E-state index >= 15 is 0 Å². The van der Waals surface area contributed by atoms with Crippen LogP contribution in [0.4, 0.5) is 0 Å². The van der Waals surface area contributed by atoms with E-state index in [0.29, 0.717) is 65.7 Å². The van der Waals surface area contributed by atoms with E-state index in [2.05, 4.69) is 0 Å². The average molecular weight is 879 g/mol. The molecule has 0 aromatic heterocycles. The minimum Gasteiger partial charge on any atom is -0.492 e. The number of carboxylic acid groups (broad SMARTS) is 1. The number of ether oxygens (including phenoxy) is 7. The van der Waals surface area contributed by atoms with E-state index in [1.807, 2.05) is 0 Å². The van der Waals surface area contributed by atoms with Gasteiger partial charge in [0.1, 0.15) is 38.6 Å². The Morgan fingerprint density at radius 2 is 1.07 bits per heavy atom. The molecule has 0 amide bonds. The summed E-state index contributed by atoms with van der Waals surface area (Å²) >= 11 is 25.7. The Bertz CT molecular complexity index is 2170. The first-order valence-corrected chi connectivity index (χ1v) is 19.7. The molecular formula is C42H40Cl4O12. The maximum atomic E-state index is 12.3. The van der Waals surface area contributed by atoms with E-state index in [-0.39, 0.29) is 62.3 Å². The van der Waals surface area contributed by atoms with Crippen molar-refractivity contribution in [2.24, 2.45) is 0 Å². The molecule has 0 spiro atoms. The molecule has 4 aromatic rings. The molecule has 308 valence electrons. The molecule has 0 fully saturated rings. The summed E-state index contributed by atoms with van der Waals surface area (Å²) in [4.78, 5) is 47.6. The molecular weight excluding hydrogens is 838 g/mol. The van der Waals surface area contributed by atoms with E-state index in [1.54, 1.807) is 71.0 Å². The van der Waals surface area contributed by atoms with Crippen LogP contribution in [0, 0.1) is 0 Å². The van der Waals surface area contributed by atoms with Crippen LogP contribution in [0.15, 0.2) is 60.7 Å². The standard InChI is InChI=1S/C23H24Cl2O6.C19H16Cl2O6/c1-5-28-22(27)15-10-11-29-19-16(15)12-17(24)20(18(19)25)30-14-8-6-13(7-9-14)21(26)31-23(2,3)4;1-2-25-19(24)12-7-8-26-16-13(12)9-14(20)17(15(16)21)27-11-5-3-10(4-6-11)18(22)23/h6-9,12,15H,5,10-11H2,1-4H3;3-6,9,12H,2,7-8H2,1H3,(H,22,23). The first-order chi connectivity index (χ1) is 27.5. The van der Waals surface area contributed by atoms with Crippen LogP contribution in [-0.2, 0) is 23.8 Å². The topological polar surface area (TPSA) is 153 Å². The number of carbonyl (C=O) groups is 4. The Morgan fingerprint density at radius 3 is 1.43 bits per heavy atom. The van der Waals surface area contributed by atoms with E-state index in [4.69, 9.17) is 84.7 Å². The Kier molecular flexibility index (Phi) is 14.7. The van der Waals surface area contributed by atoms with Gasteiger partial charge >= 0.3 is 23.9 Å². The first kappa shape index (κ1) is 44.2. The van der Waals surface area contributed by atoms with Gasteiger partial charge in [0.25, 0.3) is 0 Å². The van der Waals surface area contributed by atoms with Crippen LogP contribution in [0.5, 0.6) is 34.5 Å². The number of aromatic carboxylic acids is 1. The summed E-state index contributed by atoms with van der Waals surface area (Å²) in [6.07, 6.45) is 0.945. The molecule has 2 heterocycles. The van der Waals surface area contributed by atoms with Crippen LogP contribution in [0.2, 0.25) is 20.1 Å². The van der Waals surface area contributed by atoms with Crippen molar-refractivity contribution in [3.05, 3.63) is 103 Å². The highest BCUT2D eigenvalue weighted by molar-refractivity contribution is 6.39. The second kappa shape index (κ2) is 19.2. The number of halogens is 4. The number of hydrogen-bond donors (Lipinski definition) is 1. The molecule has 6 rings (SSSR count). The number of benzene rings is 4. The van der Waals surface area contributed by atoms with Crippen molar-refractivity contribution in [2.45, 2.75) is 64.9 Å². The molecule has 0 saturated carbocycles. The molecule has 1 N–H and O–H groups in total. The van der Waals surface area contributed by atoms with Gasteiger partial charge in [0, 0.05) is 11.1 Å². The van der Waals surface area contributed by atoms with Crippen molar-refractivity contribution >= 4 is 70.3 Å². The summed E-state index contributed by atoms with van der Waals surface area (Å²) in [5.41, 5.74) is 1.07. The summed E-state index contributed by atoms with van der Waals surface area (Å²) in [6, 6.07) is 15.4. The summed E-state index contributed by atoms with van der Waals surface area (Å²) < 4.78 is 38.6. The highest BCUT2D eigenvalue weighted by atomic mass is 35.5. The van der Waals surface area contributed by atoms with Gasteiger partial charge in [0.15, 0.2) is 11.5 Å². The zero-order chi connectivity index (χ0) is 42.3. The second-order valence-corrected chi connectivity index (χ2v) is 15.4. The third-order valence-electron chi connectivity index (χ3n) is 8.55. The molecule has 0 radical (unpaired) electrons. The smallest absolute Gasteiger partial charge is 0.338 e. The minimum absolute atomic E-state index is 0.130. The Labute approximate surface area is 355 Å².